The molecule has 0 saturated heterocycles. The van der Waals surface area contributed by atoms with Gasteiger partial charge in [-0.1, -0.05) is 0 Å². The summed E-state index contributed by atoms with van der Waals surface area (Å²) < 4.78 is 7.19. The maximum absolute atomic E-state index is 12.0. The third-order valence-electron chi connectivity index (χ3n) is 3.59. The number of benzene rings is 1. The summed E-state index contributed by atoms with van der Waals surface area (Å²) in [6.45, 7) is 1.69. The first-order valence-corrected chi connectivity index (χ1v) is 7.40. The van der Waals surface area contributed by atoms with Crippen LogP contribution in [-0.4, -0.2) is 27.7 Å². The minimum Gasteiger partial charge on any atom is -0.479 e. The van der Waals surface area contributed by atoms with E-state index in [1.165, 1.54) is 0 Å². The van der Waals surface area contributed by atoms with Crippen LogP contribution in [0.15, 0.2) is 30.6 Å². The molecule has 23 heavy (non-hydrogen) atoms. The van der Waals surface area contributed by atoms with E-state index >= 15 is 0 Å². The summed E-state index contributed by atoms with van der Waals surface area (Å²) in [4.78, 5) is 23.6. The molecular weight excluding hydrogens is 296 g/mol. The molecule has 7 nitrogen and oxygen atoms in total. The number of amides is 2. The number of carbonyl (C=O) groups excluding carboxylic acids is 2. The molecule has 0 fully saturated rings. The van der Waals surface area contributed by atoms with Crippen molar-refractivity contribution in [3.05, 3.63) is 36.2 Å². The average Bonchev–Trinajstić information content (AvgIpc) is 2.92. The summed E-state index contributed by atoms with van der Waals surface area (Å²) in [6, 6.07) is 5.19. The minimum atomic E-state index is -0.512. The van der Waals surface area contributed by atoms with Crippen LogP contribution in [0, 0.1) is 0 Å². The van der Waals surface area contributed by atoms with Crippen molar-refractivity contribution in [3.8, 4) is 5.75 Å². The van der Waals surface area contributed by atoms with Gasteiger partial charge in [-0.05, 0) is 37.1 Å². The first-order valence-electron chi connectivity index (χ1n) is 7.40. The normalized spacial score (nSPS) is 16.3. The van der Waals surface area contributed by atoms with Gasteiger partial charge in [0.25, 0.3) is 5.91 Å². The van der Waals surface area contributed by atoms with E-state index in [-0.39, 0.29) is 11.8 Å². The van der Waals surface area contributed by atoms with Crippen LogP contribution < -0.4 is 15.4 Å². The second kappa shape index (κ2) is 6.12. The van der Waals surface area contributed by atoms with Gasteiger partial charge in [0.1, 0.15) is 5.75 Å². The molecule has 1 unspecified atom stereocenters. The van der Waals surface area contributed by atoms with E-state index in [1.54, 1.807) is 36.0 Å². The molecule has 0 aliphatic carbocycles. The van der Waals surface area contributed by atoms with Gasteiger partial charge in [-0.15, -0.1) is 0 Å². The average molecular weight is 314 g/mol. The van der Waals surface area contributed by atoms with Crippen molar-refractivity contribution in [1.29, 1.82) is 0 Å². The number of hydrogen-bond donors (Lipinski definition) is 2. The monoisotopic (exact) mass is 314 g/mol. The van der Waals surface area contributed by atoms with E-state index in [4.69, 9.17) is 4.74 Å². The molecule has 2 N–H and O–H groups in total. The number of rotatable bonds is 4. The molecule has 2 amide bonds. The van der Waals surface area contributed by atoms with Gasteiger partial charge in [-0.25, -0.2) is 0 Å². The van der Waals surface area contributed by atoms with Gasteiger partial charge in [0.05, 0.1) is 11.9 Å². The lowest BCUT2D eigenvalue weighted by molar-refractivity contribution is -0.122. The van der Waals surface area contributed by atoms with Crippen LogP contribution in [0.25, 0.3) is 0 Å². The lowest BCUT2D eigenvalue weighted by atomic mass is 10.2. The summed E-state index contributed by atoms with van der Waals surface area (Å²) in [5, 5.41) is 9.65. The lowest BCUT2D eigenvalue weighted by Crippen LogP contribution is -2.34. The Morgan fingerprint density at radius 1 is 1.48 bits per heavy atom. The van der Waals surface area contributed by atoms with Crippen LogP contribution in [0.4, 0.5) is 11.4 Å². The largest absolute Gasteiger partial charge is 0.479 e. The van der Waals surface area contributed by atoms with Crippen LogP contribution >= 0.6 is 0 Å². The van der Waals surface area contributed by atoms with Gasteiger partial charge in [0, 0.05) is 25.4 Å². The number of fused-ring (bicyclic) bond motifs is 1. The van der Waals surface area contributed by atoms with Gasteiger partial charge in [0.15, 0.2) is 6.10 Å². The predicted octanol–water partition coefficient (Wildman–Crippen LogP) is 1.71. The minimum absolute atomic E-state index is 0.0924. The molecule has 2 aromatic rings. The SMILES string of the molecule is CC1Oc2ccc(NC(=O)CCc3cnn(C)c3)cc2NC1=O. The predicted molar refractivity (Wildman–Crippen MR) is 85.3 cm³/mol. The number of nitrogens with one attached hydrogen (secondary N) is 2. The van der Waals surface area contributed by atoms with Crippen molar-refractivity contribution in [2.24, 2.45) is 7.05 Å². The molecule has 1 atom stereocenters. The molecule has 1 aliphatic rings. The first kappa shape index (κ1) is 15.1. The molecule has 0 bridgehead atoms. The van der Waals surface area contributed by atoms with Crippen molar-refractivity contribution in [2.45, 2.75) is 25.9 Å². The van der Waals surface area contributed by atoms with E-state index < -0.39 is 6.10 Å². The molecule has 7 heteroatoms. The Balaban J connectivity index is 1.60. The Hall–Kier alpha value is -2.83. The van der Waals surface area contributed by atoms with Gasteiger partial charge in [0.2, 0.25) is 5.91 Å². The second-order valence-electron chi connectivity index (χ2n) is 5.53. The zero-order chi connectivity index (χ0) is 16.4. The number of ether oxygens (including phenoxy) is 1. The number of aryl methyl sites for hydroxylation is 2. The topological polar surface area (TPSA) is 85.2 Å². The molecule has 0 radical (unpaired) electrons. The molecular formula is C16H18N4O3. The molecule has 0 saturated carbocycles. The smallest absolute Gasteiger partial charge is 0.265 e. The number of carbonyl (C=O) groups is 2. The Morgan fingerprint density at radius 3 is 3.04 bits per heavy atom. The quantitative estimate of drug-likeness (QED) is 0.899. The molecule has 1 aromatic heterocycles. The summed E-state index contributed by atoms with van der Waals surface area (Å²) in [5.41, 5.74) is 2.21. The Morgan fingerprint density at radius 2 is 2.30 bits per heavy atom. The van der Waals surface area contributed by atoms with Crippen LogP contribution in [0.1, 0.15) is 18.9 Å². The van der Waals surface area contributed by atoms with E-state index in [0.717, 1.165) is 5.56 Å². The van der Waals surface area contributed by atoms with E-state index in [9.17, 15) is 9.59 Å². The molecule has 1 aromatic carbocycles. The van der Waals surface area contributed by atoms with Gasteiger partial charge in [-0.2, -0.15) is 5.10 Å². The fraction of sp³-hybridized carbons (Fsp3) is 0.312. The third kappa shape index (κ3) is 3.50. The summed E-state index contributed by atoms with van der Waals surface area (Å²) in [6.07, 6.45) is 4.12. The highest BCUT2D eigenvalue weighted by atomic mass is 16.5. The van der Waals surface area contributed by atoms with Gasteiger partial charge < -0.3 is 15.4 Å². The zero-order valence-electron chi connectivity index (χ0n) is 13.0. The lowest BCUT2D eigenvalue weighted by Gasteiger charge is -2.23. The van der Waals surface area contributed by atoms with Crippen molar-refractivity contribution in [3.63, 3.8) is 0 Å². The van der Waals surface area contributed by atoms with E-state index in [2.05, 4.69) is 15.7 Å². The molecule has 0 spiro atoms. The second-order valence-corrected chi connectivity index (χ2v) is 5.53. The summed E-state index contributed by atoms with van der Waals surface area (Å²) in [7, 11) is 1.84. The number of aromatic nitrogens is 2. The maximum Gasteiger partial charge on any atom is 0.265 e. The fourth-order valence-corrected chi connectivity index (χ4v) is 2.37. The first-order chi connectivity index (χ1) is 11.0. The Labute approximate surface area is 133 Å². The fourth-order valence-electron chi connectivity index (χ4n) is 2.37. The number of hydrogen-bond acceptors (Lipinski definition) is 4. The highest BCUT2D eigenvalue weighted by Crippen LogP contribution is 2.32. The maximum atomic E-state index is 12.0. The molecule has 2 heterocycles. The van der Waals surface area contributed by atoms with Crippen LogP contribution in [0.3, 0.4) is 0 Å². The van der Waals surface area contributed by atoms with Gasteiger partial charge in [-0.3, -0.25) is 14.3 Å². The van der Waals surface area contributed by atoms with Crippen molar-refractivity contribution < 1.29 is 14.3 Å². The van der Waals surface area contributed by atoms with E-state index in [0.29, 0.717) is 30.0 Å². The van der Waals surface area contributed by atoms with Gasteiger partial charge >= 0.3 is 0 Å². The summed E-state index contributed by atoms with van der Waals surface area (Å²) >= 11 is 0. The van der Waals surface area contributed by atoms with E-state index in [1.807, 2.05) is 13.2 Å². The number of nitrogens with zero attached hydrogens (tertiary/aromatic N) is 2. The van der Waals surface area contributed by atoms with Crippen LogP contribution in [0.2, 0.25) is 0 Å². The van der Waals surface area contributed by atoms with Crippen molar-refractivity contribution in [1.82, 2.24) is 9.78 Å². The Bertz CT molecular complexity index is 754. The number of anilines is 2. The van der Waals surface area contributed by atoms with Crippen LogP contribution in [0.5, 0.6) is 5.75 Å². The highest BCUT2D eigenvalue weighted by molar-refractivity contribution is 5.99. The molecule has 120 valence electrons. The standard InChI is InChI=1S/C16H18N4O3/c1-10-16(22)19-13-7-12(4-5-14(13)23-10)18-15(21)6-3-11-8-17-20(2)9-11/h4-5,7-10H,3,6H2,1-2H3,(H,18,21)(H,19,22). The molecule has 1 aliphatic heterocycles. The van der Waals surface area contributed by atoms with Crippen molar-refractivity contribution >= 4 is 23.2 Å². The molecule has 3 rings (SSSR count). The highest BCUT2D eigenvalue weighted by Gasteiger charge is 2.23. The zero-order valence-corrected chi connectivity index (χ0v) is 13.0. The van der Waals surface area contributed by atoms with Crippen molar-refractivity contribution in [2.75, 3.05) is 10.6 Å². The summed E-state index contributed by atoms with van der Waals surface area (Å²) in [5.74, 6) is 0.313. The Kier molecular flexibility index (Phi) is 4.01. The third-order valence-corrected chi connectivity index (χ3v) is 3.59. The van der Waals surface area contributed by atoms with Crippen LogP contribution in [-0.2, 0) is 23.1 Å².